The van der Waals surface area contributed by atoms with Crippen LogP contribution in [0.1, 0.15) is 201 Å². The summed E-state index contributed by atoms with van der Waals surface area (Å²) in [6.45, 7) is 5.56. The number of esters is 3. The van der Waals surface area contributed by atoms with Gasteiger partial charge in [0.05, 0.1) is 6.61 Å². The Morgan fingerprint density at radius 1 is 0.407 bits per heavy atom. The molecule has 0 spiro atoms. The number of carboxylic acid groups (broad SMARTS) is 1. The number of carbonyl (C=O) groups excluding carboxylic acids is 3. The first-order valence-corrected chi connectivity index (χ1v) is 30.5. The summed E-state index contributed by atoms with van der Waals surface area (Å²) in [5.74, 6) is -3.30. The monoisotopic (exact) mass is 1120 g/mol. The lowest BCUT2D eigenvalue weighted by atomic mass is 9.98. The fourth-order valence-corrected chi connectivity index (χ4v) is 8.03. The van der Waals surface area contributed by atoms with Crippen LogP contribution in [0.5, 0.6) is 0 Å². The van der Waals surface area contributed by atoms with Crippen molar-refractivity contribution in [3.63, 3.8) is 0 Å². The Hall–Kier alpha value is -5.66. The number of allylic oxidation sites excluding steroid dienone is 26. The Morgan fingerprint density at radius 3 is 1.19 bits per heavy atom. The Kier molecular flexibility index (Phi) is 49.7. The number of unbranched alkanes of at least 4 members (excludes halogenated alkanes) is 9. The van der Waals surface area contributed by atoms with E-state index in [2.05, 4.69) is 167 Å². The zero-order chi connectivity index (χ0) is 58.9. The second kappa shape index (κ2) is 54.9. The van der Waals surface area contributed by atoms with E-state index in [0.717, 1.165) is 128 Å². The predicted octanol–water partition coefficient (Wildman–Crippen LogP) is 16.1. The van der Waals surface area contributed by atoms with Crippen LogP contribution in [0.2, 0.25) is 0 Å². The van der Waals surface area contributed by atoms with Gasteiger partial charge >= 0.3 is 23.9 Å². The van der Waals surface area contributed by atoms with Crippen LogP contribution in [0, 0.1) is 0 Å². The summed E-state index contributed by atoms with van der Waals surface area (Å²) in [6.07, 6.45) is 67.9. The van der Waals surface area contributed by atoms with E-state index in [9.17, 15) is 34.5 Å². The molecule has 0 saturated carbocycles. The molecule has 6 unspecified atom stereocenters. The van der Waals surface area contributed by atoms with Crippen molar-refractivity contribution in [1.82, 2.24) is 0 Å². The van der Waals surface area contributed by atoms with Crippen molar-refractivity contribution >= 4 is 23.9 Å². The van der Waals surface area contributed by atoms with Gasteiger partial charge in [-0.2, -0.15) is 0 Å². The van der Waals surface area contributed by atoms with Crippen LogP contribution < -0.4 is 0 Å². The molecule has 0 aromatic rings. The smallest absolute Gasteiger partial charge is 0.335 e. The largest absolute Gasteiger partial charge is 0.479 e. The fourth-order valence-electron chi connectivity index (χ4n) is 8.03. The molecule has 81 heavy (non-hydrogen) atoms. The average Bonchev–Trinajstić information content (AvgIpc) is 3.52. The van der Waals surface area contributed by atoms with Crippen LogP contribution >= 0.6 is 0 Å². The molecule has 0 aromatic carbocycles. The minimum Gasteiger partial charge on any atom is -0.479 e. The molecule has 12 heteroatoms. The van der Waals surface area contributed by atoms with Gasteiger partial charge in [-0.15, -0.1) is 0 Å². The summed E-state index contributed by atoms with van der Waals surface area (Å²) in [6, 6.07) is 0. The van der Waals surface area contributed by atoms with Crippen molar-refractivity contribution in [3.8, 4) is 0 Å². The van der Waals surface area contributed by atoms with E-state index in [1.54, 1.807) is 0 Å². The van der Waals surface area contributed by atoms with Crippen LogP contribution in [-0.2, 0) is 42.9 Å². The van der Waals surface area contributed by atoms with Crippen LogP contribution in [0.25, 0.3) is 0 Å². The molecule has 0 aromatic heterocycles. The first-order chi connectivity index (χ1) is 39.6. The molecule has 1 aliphatic heterocycles. The van der Waals surface area contributed by atoms with Gasteiger partial charge in [0.15, 0.2) is 24.6 Å². The molecule has 1 heterocycles. The van der Waals surface area contributed by atoms with E-state index in [4.69, 9.17) is 23.7 Å². The highest BCUT2D eigenvalue weighted by Crippen LogP contribution is 2.26. The van der Waals surface area contributed by atoms with Gasteiger partial charge in [0.1, 0.15) is 18.8 Å². The molecule has 1 saturated heterocycles. The van der Waals surface area contributed by atoms with Gasteiger partial charge in [0, 0.05) is 19.3 Å². The number of hydrogen-bond donors (Lipinski definition) is 3. The SMILES string of the molecule is CC/C=C\C/C=C\C/C=C\C/C=C\C/C=C\CCCC(=O)OC(COC(=O)CCCCCCCC/C=C\C/C=C\C/C=C\C/C=C\CC)COC1OC(C(=O)O)C(O)C(O)C1OC(=O)CCCC/C=C\C/C=C\C/C=C\C/C=C\CC. The Bertz CT molecular complexity index is 2010. The van der Waals surface area contributed by atoms with Crippen LogP contribution in [0.3, 0.4) is 0 Å². The standard InChI is InChI=1S/C69H104O12/c1-4-7-10-13-16-19-22-25-28-30-31-33-35-37-40-43-46-49-52-55-61(70)77-58-60(79-62(71)56-53-50-47-44-41-39-36-32-29-26-23-20-17-14-11-8-5-2)59-78-69-67(65(74)64(73)66(81-69)68(75)76)80-63(72)57-54-51-48-45-42-38-34-27-24-21-18-15-12-9-6-3/h7-12,16-21,25-29,31,33-34,36,39,42,44-45,47,60,64-67,69,73-74H,4-6,13-15,22-24,30,32,35,37-38,40-41,43,46,48-59H2,1-3H3,(H,75,76)/b10-7-,11-8-,12-9-,19-16-,20-17-,21-18-,28-25-,29-26-,33-31-,34-27-,39-36-,45-42-,47-44-. The average molecular weight is 1130 g/mol. The van der Waals surface area contributed by atoms with Crippen LogP contribution in [0.4, 0.5) is 0 Å². The number of aliphatic hydroxyl groups is 2. The lowest BCUT2D eigenvalue weighted by Gasteiger charge is -2.40. The molecular formula is C69H104O12. The number of carbonyl (C=O) groups is 4. The molecular weight excluding hydrogens is 1020 g/mol. The second-order valence-corrected chi connectivity index (χ2v) is 19.8. The second-order valence-electron chi connectivity index (χ2n) is 19.8. The Morgan fingerprint density at radius 2 is 0.753 bits per heavy atom. The van der Waals surface area contributed by atoms with Crippen molar-refractivity contribution in [2.45, 2.75) is 237 Å². The van der Waals surface area contributed by atoms with E-state index in [0.29, 0.717) is 32.1 Å². The minimum absolute atomic E-state index is 0.00951. The number of aliphatic carboxylic acids is 1. The third-order valence-corrected chi connectivity index (χ3v) is 12.6. The van der Waals surface area contributed by atoms with E-state index >= 15 is 0 Å². The first kappa shape index (κ1) is 73.4. The maximum atomic E-state index is 13.2. The molecule has 1 rings (SSSR count). The zero-order valence-electron chi connectivity index (χ0n) is 49.7. The van der Waals surface area contributed by atoms with Crippen LogP contribution in [0.15, 0.2) is 158 Å². The summed E-state index contributed by atoms with van der Waals surface area (Å²) in [4.78, 5) is 51.2. The lowest BCUT2D eigenvalue weighted by molar-refractivity contribution is -0.301. The van der Waals surface area contributed by atoms with Crippen molar-refractivity contribution in [2.24, 2.45) is 0 Å². The summed E-state index contributed by atoms with van der Waals surface area (Å²) in [5.41, 5.74) is 0. The maximum Gasteiger partial charge on any atom is 0.335 e. The third-order valence-electron chi connectivity index (χ3n) is 12.6. The van der Waals surface area contributed by atoms with Crippen molar-refractivity contribution in [2.75, 3.05) is 13.2 Å². The van der Waals surface area contributed by atoms with Crippen LogP contribution in [-0.4, -0.2) is 89.2 Å². The van der Waals surface area contributed by atoms with Crippen molar-refractivity contribution in [3.05, 3.63) is 158 Å². The molecule has 0 amide bonds. The number of hydrogen-bond acceptors (Lipinski definition) is 11. The highest BCUT2D eigenvalue weighted by Gasteiger charge is 2.50. The third kappa shape index (κ3) is 44.7. The quantitative estimate of drug-likeness (QED) is 0.0228. The molecule has 452 valence electrons. The Labute approximate surface area is 488 Å². The van der Waals surface area contributed by atoms with Gasteiger partial charge in [0.2, 0.25) is 0 Å². The molecule has 12 nitrogen and oxygen atoms in total. The normalized spacial score (nSPS) is 18.9. The van der Waals surface area contributed by atoms with Gasteiger partial charge in [-0.05, 0) is 135 Å². The molecule has 3 N–H and O–H groups in total. The highest BCUT2D eigenvalue weighted by atomic mass is 16.7. The topological polar surface area (TPSA) is 175 Å². The molecule has 1 fully saturated rings. The molecule has 1 aliphatic rings. The maximum absolute atomic E-state index is 13.2. The summed E-state index contributed by atoms with van der Waals surface area (Å²) in [7, 11) is 0. The lowest BCUT2D eigenvalue weighted by Crippen LogP contribution is -2.61. The number of carboxylic acids is 1. The van der Waals surface area contributed by atoms with E-state index in [-0.39, 0.29) is 25.9 Å². The van der Waals surface area contributed by atoms with Gasteiger partial charge < -0.3 is 39.0 Å². The zero-order valence-corrected chi connectivity index (χ0v) is 49.7. The highest BCUT2D eigenvalue weighted by molar-refractivity contribution is 5.74. The van der Waals surface area contributed by atoms with Gasteiger partial charge in [0.25, 0.3) is 0 Å². The van der Waals surface area contributed by atoms with Gasteiger partial charge in [-0.3, -0.25) is 14.4 Å². The Balaban J connectivity index is 2.77. The first-order valence-electron chi connectivity index (χ1n) is 30.5. The number of aliphatic hydroxyl groups excluding tert-OH is 2. The molecule has 0 aliphatic carbocycles. The molecule has 0 radical (unpaired) electrons. The molecule has 6 atom stereocenters. The van der Waals surface area contributed by atoms with E-state index in [1.165, 1.54) is 0 Å². The van der Waals surface area contributed by atoms with Gasteiger partial charge in [-0.25, -0.2) is 4.79 Å². The molecule has 0 bridgehead atoms. The van der Waals surface area contributed by atoms with Gasteiger partial charge in [-0.1, -0.05) is 204 Å². The fraction of sp³-hybridized carbons (Fsp3) is 0.565. The predicted molar refractivity (Wildman–Crippen MR) is 330 cm³/mol. The number of rotatable bonds is 49. The van der Waals surface area contributed by atoms with Crippen molar-refractivity contribution < 1.29 is 58.2 Å². The minimum atomic E-state index is -1.94. The number of ether oxygens (including phenoxy) is 5. The summed E-state index contributed by atoms with van der Waals surface area (Å²) >= 11 is 0. The summed E-state index contributed by atoms with van der Waals surface area (Å²) < 4.78 is 28.3. The summed E-state index contributed by atoms with van der Waals surface area (Å²) in [5, 5.41) is 31.5. The van der Waals surface area contributed by atoms with Crippen molar-refractivity contribution in [1.29, 1.82) is 0 Å². The van der Waals surface area contributed by atoms with E-state index in [1.807, 2.05) is 12.2 Å². The van der Waals surface area contributed by atoms with E-state index < -0.39 is 67.3 Å².